The molecule has 2 aliphatic heterocycles. The predicted octanol–water partition coefficient (Wildman–Crippen LogP) is 0.122. The van der Waals surface area contributed by atoms with Crippen LogP contribution in [0.15, 0.2) is 0 Å². The fourth-order valence-electron chi connectivity index (χ4n) is 2.27. The second-order valence-electron chi connectivity index (χ2n) is 4.54. The van der Waals surface area contributed by atoms with Crippen LogP contribution in [-0.4, -0.2) is 68.3 Å². The smallest absolute Gasteiger partial charge is 0.319 e. The van der Waals surface area contributed by atoms with E-state index in [0.717, 1.165) is 52.2 Å². The molecule has 2 saturated heterocycles. The predicted molar refractivity (Wildman–Crippen MR) is 61.4 cm³/mol. The third-order valence-corrected chi connectivity index (χ3v) is 3.22. The minimum atomic E-state index is 0.136. The van der Waals surface area contributed by atoms with Crippen molar-refractivity contribution >= 4 is 6.03 Å². The number of hydrogen-bond acceptors (Lipinski definition) is 3. The van der Waals surface area contributed by atoms with Crippen molar-refractivity contribution in [3.05, 3.63) is 0 Å². The summed E-state index contributed by atoms with van der Waals surface area (Å²) < 4.78 is 5.54. The molecule has 16 heavy (non-hydrogen) atoms. The Hall–Kier alpha value is -0.810. The molecule has 0 bridgehead atoms. The van der Waals surface area contributed by atoms with Gasteiger partial charge in [-0.25, -0.2) is 4.79 Å². The second-order valence-corrected chi connectivity index (χ2v) is 4.54. The maximum atomic E-state index is 12.1. The van der Waals surface area contributed by atoms with Crippen LogP contribution in [0.4, 0.5) is 4.79 Å². The summed E-state index contributed by atoms with van der Waals surface area (Å²) in [5.74, 6) is 0. The van der Waals surface area contributed by atoms with Crippen LogP contribution in [0, 0.1) is 0 Å². The highest BCUT2D eigenvalue weighted by atomic mass is 16.5. The Morgan fingerprint density at radius 3 is 2.88 bits per heavy atom. The van der Waals surface area contributed by atoms with Gasteiger partial charge in [-0.1, -0.05) is 0 Å². The normalized spacial score (nSPS) is 25.8. The van der Waals surface area contributed by atoms with Gasteiger partial charge in [-0.2, -0.15) is 0 Å². The first-order valence-electron chi connectivity index (χ1n) is 6.10. The molecule has 0 aromatic carbocycles. The Morgan fingerprint density at radius 1 is 1.50 bits per heavy atom. The van der Waals surface area contributed by atoms with Crippen molar-refractivity contribution in [2.75, 3.05) is 46.4 Å². The lowest BCUT2D eigenvalue weighted by atomic mass is 10.2. The van der Waals surface area contributed by atoms with E-state index in [-0.39, 0.29) is 12.1 Å². The van der Waals surface area contributed by atoms with Gasteiger partial charge in [0, 0.05) is 46.4 Å². The van der Waals surface area contributed by atoms with E-state index >= 15 is 0 Å². The van der Waals surface area contributed by atoms with Crippen molar-refractivity contribution < 1.29 is 9.53 Å². The van der Waals surface area contributed by atoms with Crippen molar-refractivity contribution in [2.45, 2.75) is 18.9 Å². The summed E-state index contributed by atoms with van der Waals surface area (Å²) in [5.41, 5.74) is 0. The van der Waals surface area contributed by atoms with Gasteiger partial charge in [0.2, 0.25) is 0 Å². The molecule has 0 spiro atoms. The Labute approximate surface area is 96.7 Å². The maximum Gasteiger partial charge on any atom is 0.319 e. The Morgan fingerprint density at radius 2 is 2.25 bits per heavy atom. The first-order valence-corrected chi connectivity index (χ1v) is 6.10. The van der Waals surface area contributed by atoms with E-state index < -0.39 is 0 Å². The fourth-order valence-corrected chi connectivity index (χ4v) is 2.27. The lowest BCUT2D eigenvalue weighted by Crippen LogP contribution is -2.51. The fraction of sp³-hybridized carbons (Fsp3) is 0.909. The highest BCUT2D eigenvalue weighted by Crippen LogP contribution is 2.13. The summed E-state index contributed by atoms with van der Waals surface area (Å²) >= 11 is 0. The monoisotopic (exact) mass is 227 g/mol. The van der Waals surface area contributed by atoms with E-state index in [2.05, 4.69) is 5.32 Å². The average molecular weight is 227 g/mol. The molecule has 5 heteroatoms. The van der Waals surface area contributed by atoms with Crippen LogP contribution in [0.1, 0.15) is 12.8 Å². The van der Waals surface area contributed by atoms with Crippen LogP contribution in [0.25, 0.3) is 0 Å². The number of nitrogens with zero attached hydrogens (tertiary/aromatic N) is 2. The molecular weight excluding hydrogens is 206 g/mol. The summed E-state index contributed by atoms with van der Waals surface area (Å²) in [5, 5.41) is 3.24. The van der Waals surface area contributed by atoms with Crippen LogP contribution in [0.3, 0.4) is 0 Å². The molecule has 0 aromatic rings. The molecule has 5 nitrogen and oxygen atoms in total. The number of nitrogens with one attached hydrogen (secondary N) is 1. The van der Waals surface area contributed by atoms with E-state index in [0.29, 0.717) is 0 Å². The molecule has 0 saturated carbocycles. The minimum Gasteiger partial charge on any atom is -0.376 e. The van der Waals surface area contributed by atoms with Gasteiger partial charge in [0.1, 0.15) is 0 Å². The standard InChI is InChI=1S/C11H21N3O2/c1-13(9-10-3-2-8-16-10)11(15)14-6-4-12-5-7-14/h10,12H,2-9H2,1H3. The van der Waals surface area contributed by atoms with Crippen molar-refractivity contribution in [1.82, 2.24) is 15.1 Å². The van der Waals surface area contributed by atoms with Gasteiger partial charge in [-0.3, -0.25) is 0 Å². The number of hydrogen-bond donors (Lipinski definition) is 1. The zero-order chi connectivity index (χ0) is 11.4. The molecule has 2 heterocycles. The van der Waals surface area contributed by atoms with Crippen molar-refractivity contribution in [1.29, 1.82) is 0 Å². The summed E-state index contributed by atoms with van der Waals surface area (Å²) in [6.07, 6.45) is 2.45. The number of likely N-dealkylation sites (N-methyl/N-ethyl adjacent to an activating group) is 1. The maximum absolute atomic E-state index is 12.1. The highest BCUT2D eigenvalue weighted by molar-refractivity contribution is 5.74. The molecule has 0 radical (unpaired) electrons. The largest absolute Gasteiger partial charge is 0.376 e. The Kier molecular flexibility index (Phi) is 4.01. The molecule has 1 unspecified atom stereocenters. The minimum absolute atomic E-state index is 0.136. The molecular formula is C11H21N3O2. The quantitative estimate of drug-likeness (QED) is 0.729. The number of ether oxygens (including phenoxy) is 1. The SMILES string of the molecule is CN(CC1CCCO1)C(=O)N1CCNCC1. The molecule has 2 aliphatic rings. The van der Waals surface area contributed by atoms with Crippen LogP contribution < -0.4 is 5.32 Å². The first kappa shape index (κ1) is 11.7. The number of piperazine rings is 1. The van der Waals surface area contributed by atoms with Gasteiger partial charge in [0.25, 0.3) is 0 Å². The number of amides is 2. The van der Waals surface area contributed by atoms with E-state index in [1.807, 2.05) is 11.9 Å². The van der Waals surface area contributed by atoms with Crippen LogP contribution >= 0.6 is 0 Å². The zero-order valence-electron chi connectivity index (χ0n) is 9.95. The van der Waals surface area contributed by atoms with Crippen molar-refractivity contribution in [3.63, 3.8) is 0 Å². The summed E-state index contributed by atoms with van der Waals surface area (Å²) in [7, 11) is 1.87. The third-order valence-electron chi connectivity index (χ3n) is 3.22. The van der Waals surface area contributed by atoms with Crippen LogP contribution in [0.2, 0.25) is 0 Å². The molecule has 2 amide bonds. The Balaban J connectivity index is 1.78. The van der Waals surface area contributed by atoms with Gasteiger partial charge < -0.3 is 19.9 Å². The third kappa shape index (κ3) is 2.86. The van der Waals surface area contributed by atoms with Crippen molar-refractivity contribution in [3.8, 4) is 0 Å². The zero-order valence-corrected chi connectivity index (χ0v) is 9.95. The highest BCUT2D eigenvalue weighted by Gasteiger charge is 2.24. The van der Waals surface area contributed by atoms with E-state index in [1.54, 1.807) is 4.90 Å². The lowest BCUT2D eigenvalue weighted by Gasteiger charge is -2.32. The van der Waals surface area contributed by atoms with Gasteiger partial charge in [-0.15, -0.1) is 0 Å². The van der Waals surface area contributed by atoms with Crippen molar-refractivity contribution in [2.24, 2.45) is 0 Å². The molecule has 1 atom stereocenters. The van der Waals surface area contributed by atoms with Crippen LogP contribution in [-0.2, 0) is 4.74 Å². The number of carbonyl (C=O) groups excluding carboxylic acids is 1. The molecule has 0 aliphatic carbocycles. The van der Waals surface area contributed by atoms with Gasteiger partial charge >= 0.3 is 6.03 Å². The van der Waals surface area contributed by atoms with Gasteiger partial charge in [0.15, 0.2) is 0 Å². The van der Waals surface area contributed by atoms with E-state index in [4.69, 9.17) is 4.74 Å². The van der Waals surface area contributed by atoms with Gasteiger partial charge in [-0.05, 0) is 12.8 Å². The molecule has 92 valence electrons. The van der Waals surface area contributed by atoms with E-state index in [1.165, 1.54) is 0 Å². The molecule has 1 N–H and O–H groups in total. The Bertz CT molecular complexity index is 235. The topological polar surface area (TPSA) is 44.8 Å². The summed E-state index contributed by atoms with van der Waals surface area (Å²) in [6, 6.07) is 0.136. The first-order chi connectivity index (χ1) is 7.77. The van der Waals surface area contributed by atoms with Crippen LogP contribution in [0.5, 0.6) is 0 Å². The lowest BCUT2D eigenvalue weighted by molar-refractivity contribution is 0.0791. The number of carbonyl (C=O) groups is 1. The number of urea groups is 1. The molecule has 2 fully saturated rings. The molecule has 0 aromatic heterocycles. The number of rotatable bonds is 2. The van der Waals surface area contributed by atoms with E-state index in [9.17, 15) is 4.79 Å². The second kappa shape index (κ2) is 5.50. The summed E-state index contributed by atoms with van der Waals surface area (Å²) in [4.78, 5) is 15.8. The van der Waals surface area contributed by atoms with Gasteiger partial charge in [0.05, 0.1) is 6.10 Å². The molecule has 2 rings (SSSR count). The average Bonchev–Trinajstić information content (AvgIpc) is 2.82. The summed E-state index contributed by atoms with van der Waals surface area (Å²) in [6.45, 7) is 5.01.